The Kier molecular flexibility index (Phi) is 3.57. The Hall–Kier alpha value is -2.42. The fourth-order valence-electron chi connectivity index (χ4n) is 2.72. The Morgan fingerprint density at radius 1 is 1.64 bits per heavy atom. The van der Waals surface area contributed by atoms with Gasteiger partial charge in [-0.2, -0.15) is 4.98 Å². The number of carbonyl (C=O) groups is 1. The van der Waals surface area contributed by atoms with Crippen molar-refractivity contribution in [2.24, 2.45) is 0 Å². The zero-order valence-corrected chi connectivity index (χ0v) is 12.3. The lowest BCUT2D eigenvalue weighted by Crippen LogP contribution is -2.25. The van der Waals surface area contributed by atoms with Gasteiger partial charge < -0.3 is 15.2 Å². The van der Waals surface area contributed by atoms with Crippen LogP contribution in [0.4, 0.5) is 5.95 Å². The third-order valence-corrected chi connectivity index (χ3v) is 3.66. The van der Waals surface area contributed by atoms with E-state index >= 15 is 0 Å². The lowest BCUT2D eigenvalue weighted by atomic mass is 10.1. The van der Waals surface area contributed by atoms with Gasteiger partial charge in [0.25, 0.3) is 5.56 Å². The van der Waals surface area contributed by atoms with Gasteiger partial charge in [0.15, 0.2) is 11.2 Å². The van der Waals surface area contributed by atoms with Gasteiger partial charge in [0.05, 0.1) is 12.4 Å². The molecule has 9 nitrogen and oxygen atoms in total. The molecule has 1 aliphatic heterocycles. The van der Waals surface area contributed by atoms with E-state index in [1.165, 1.54) is 13.3 Å². The standard InChI is InChI=1S/C13H17N5O4/c1-3-7-8(21-6(2)19)4-9(22-7)18-5-15-10-11(18)16-13(14)17-12(10)20/h5,7-9H,3-4H2,1-2H3,(H3,14,16,17,20)/t7-,8+,9?/m1/s1. The van der Waals surface area contributed by atoms with Gasteiger partial charge >= 0.3 is 5.97 Å². The van der Waals surface area contributed by atoms with Crippen molar-refractivity contribution in [2.75, 3.05) is 5.73 Å². The van der Waals surface area contributed by atoms with Crippen molar-refractivity contribution >= 4 is 23.1 Å². The molecule has 22 heavy (non-hydrogen) atoms. The molecule has 1 fully saturated rings. The minimum absolute atomic E-state index is 0.0147. The van der Waals surface area contributed by atoms with Crippen LogP contribution in [0, 0.1) is 0 Å². The minimum Gasteiger partial charge on any atom is -0.460 e. The summed E-state index contributed by atoms with van der Waals surface area (Å²) in [6, 6.07) is 0. The highest BCUT2D eigenvalue weighted by Gasteiger charge is 2.38. The number of aromatic amines is 1. The number of nitrogens with two attached hydrogens (primary N) is 1. The Bertz CT molecular complexity index is 767. The first-order valence-corrected chi connectivity index (χ1v) is 7.04. The average molecular weight is 307 g/mol. The smallest absolute Gasteiger partial charge is 0.302 e. The number of H-pyrrole nitrogens is 1. The van der Waals surface area contributed by atoms with E-state index in [0.717, 1.165) is 0 Å². The maximum Gasteiger partial charge on any atom is 0.302 e. The summed E-state index contributed by atoms with van der Waals surface area (Å²) in [5, 5.41) is 0. The van der Waals surface area contributed by atoms with Crippen molar-refractivity contribution in [3.63, 3.8) is 0 Å². The number of nitrogens with one attached hydrogen (secondary N) is 1. The largest absolute Gasteiger partial charge is 0.460 e. The number of anilines is 1. The maximum atomic E-state index is 11.8. The van der Waals surface area contributed by atoms with Gasteiger partial charge in [0, 0.05) is 13.3 Å². The SMILES string of the molecule is CC[C@H]1OC(n2cnc3c(=O)[nH]c(N)nc32)C[C@@H]1OC(C)=O. The fourth-order valence-corrected chi connectivity index (χ4v) is 2.72. The van der Waals surface area contributed by atoms with Crippen LogP contribution < -0.4 is 11.3 Å². The van der Waals surface area contributed by atoms with Crippen LogP contribution in [0.2, 0.25) is 0 Å². The molecule has 1 aliphatic rings. The second-order valence-electron chi connectivity index (χ2n) is 5.20. The van der Waals surface area contributed by atoms with Gasteiger partial charge in [-0.3, -0.25) is 19.1 Å². The third-order valence-electron chi connectivity index (χ3n) is 3.66. The molecule has 0 spiro atoms. The molecule has 0 aromatic carbocycles. The van der Waals surface area contributed by atoms with Crippen molar-refractivity contribution in [1.82, 2.24) is 19.5 Å². The van der Waals surface area contributed by atoms with Gasteiger partial charge in [-0.25, -0.2) is 4.98 Å². The van der Waals surface area contributed by atoms with Crippen molar-refractivity contribution in [1.29, 1.82) is 0 Å². The Balaban J connectivity index is 1.95. The molecule has 2 aromatic rings. The second kappa shape index (κ2) is 5.41. The molecule has 3 heterocycles. The molecule has 0 saturated carbocycles. The first kappa shape index (κ1) is 14.5. The van der Waals surface area contributed by atoms with Gasteiger partial charge in [-0.15, -0.1) is 0 Å². The van der Waals surface area contributed by atoms with Crippen LogP contribution in [0.15, 0.2) is 11.1 Å². The van der Waals surface area contributed by atoms with Gasteiger partial charge in [0.2, 0.25) is 5.95 Å². The lowest BCUT2D eigenvalue weighted by molar-refractivity contribution is -0.149. The van der Waals surface area contributed by atoms with Crippen LogP contribution in [0.1, 0.15) is 32.9 Å². The quantitative estimate of drug-likeness (QED) is 0.783. The van der Waals surface area contributed by atoms with Crippen molar-refractivity contribution in [2.45, 2.75) is 45.1 Å². The summed E-state index contributed by atoms with van der Waals surface area (Å²) in [6.45, 7) is 3.32. The highest BCUT2D eigenvalue weighted by Crippen LogP contribution is 2.33. The van der Waals surface area contributed by atoms with Crippen molar-refractivity contribution in [3.05, 3.63) is 16.7 Å². The first-order chi connectivity index (χ1) is 10.5. The van der Waals surface area contributed by atoms with Gasteiger partial charge in [0.1, 0.15) is 12.3 Å². The average Bonchev–Trinajstić information content (AvgIpc) is 3.01. The number of nitrogen functional groups attached to an aromatic ring is 1. The van der Waals surface area contributed by atoms with E-state index in [1.54, 1.807) is 4.57 Å². The summed E-state index contributed by atoms with van der Waals surface area (Å²) < 4.78 is 12.8. The highest BCUT2D eigenvalue weighted by molar-refractivity contribution is 5.70. The normalized spacial score (nSPS) is 24.7. The molecular weight excluding hydrogens is 290 g/mol. The predicted molar refractivity (Wildman–Crippen MR) is 76.9 cm³/mol. The van der Waals surface area contributed by atoms with Crippen LogP contribution in [-0.4, -0.2) is 37.7 Å². The fraction of sp³-hybridized carbons (Fsp3) is 0.538. The molecule has 1 saturated heterocycles. The number of hydrogen-bond donors (Lipinski definition) is 2. The molecule has 3 atom stereocenters. The Morgan fingerprint density at radius 2 is 2.41 bits per heavy atom. The molecule has 0 amide bonds. The number of carbonyl (C=O) groups excluding carboxylic acids is 1. The molecule has 0 aliphatic carbocycles. The van der Waals surface area contributed by atoms with Crippen LogP contribution in [0.5, 0.6) is 0 Å². The third kappa shape index (κ3) is 2.43. The predicted octanol–water partition coefficient (Wildman–Crippen LogP) is 0.331. The minimum atomic E-state index is -0.409. The molecule has 2 aromatic heterocycles. The van der Waals surface area contributed by atoms with E-state index in [-0.39, 0.29) is 29.6 Å². The summed E-state index contributed by atoms with van der Waals surface area (Å²) in [6.07, 6.45) is 1.72. The van der Waals surface area contributed by atoms with Crippen molar-refractivity contribution in [3.8, 4) is 0 Å². The number of hydrogen-bond acceptors (Lipinski definition) is 7. The second-order valence-corrected chi connectivity index (χ2v) is 5.20. The summed E-state index contributed by atoms with van der Waals surface area (Å²) >= 11 is 0. The van der Waals surface area contributed by atoms with E-state index in [9.17, 15) is 9.59 Å². The van der Waals surface area contributed by atoms with E-state index in [1.807, 2.05) is 6.92 Å². The number of esters is 1. The first-order valence-electron chi connectivity index (χ1n) is 7.04. The Labute approximate surface area is 125 Å². The van der Waals surface area contributed by atoms with Crippen molar-refractivity contribution < 1.29 is 14.3 Å². The van der Waals surface area contributed by atoms with E-state index in [2.05, 4.69) is 15.0 Å². The molecule has 0 bridgehead atoms. The summed E-state index contributed by atoms with van der Waals surface area (Å²) in [5.41, 5.74) is 5.73. The molecule has 9 heteroatoms. The number of rotatable bonds is 3. The van der Waals surface area contributed by atoms with E-state index < -0.39 is 11.8 Å². The monoisotopic (exact) mass is 307 g/mol. The lowest BCUT2D eigenvalue weighted by Gasteiger charge is -2.15. The van der Waals surface area contributed by atoms with Crippen LogP contribution in [-0.2, 0) is 14.3 Å². The number of imidazole rings is 1. The zero-order chi connectivity index (χ0) is 15.9. The molecule has 3 N–H and O–H groups in total. The molecule has 0 radical (unpaired) electrons. The van der Waals surface area contributed by atoms with Crippen LogP contribution in [0.25, 0.3) is 11.2 Å². The highest BCUT2D eigenvalue weighted by atomic mass is 16.6. The number of aromatic nitrogens is 4. The molecule has 118 valence electrons. The number of nitrogens with zero attached hydrogens (tertiary/aromatic N) is 3. The number of fused-ring (bicyclic) bond motifs is 1. The molecule has 3 rings (SSSR count). The summed E-state index contributed by atoms with van der Waals surface area (Å²) in [4.78, 5) is 33.5. The number of ether oxygens (including phenoxy) is 2. The van der Waals surface area contributed by atoms with E-state index in [0.29, 0.717) is 18.5 Å². The Morgan fingerprint density at radius 3 is 3.09 bits per heavy atom. The van der Waals surface area contributed by atoms with Gasteiger partial charge in [-0.05, 0) is 6.42 Å². The van der Waals surface area contributed by atoms with Crippen LogP contribution in [0.3, 0.4) is 0 Å². The molecule has 1 unspecified atom stereocenters. The topological polar surface area (TPSA) is 125 Å². The maximum absolute atomic E-state index is 11.8. The van der Waals surface area contributed by atoms with E-state index in [4.69, 9.17) is 15.2 Å². The summed E-state index contributed by atoms with van der Waals surface area (Å²) in [5.74, 6) is -0.331. The summed E-state index contributed by atoms with van der Waals surface area (Å²) in [7, 11) is 0. The zero-order valence-electron chi connectivity index (χ0n) is 12.3. The van der Waals surface area contributed by atoms with Gasteiger partial charge in [-0.1, -0.05) is 6.92 Å². The van der Waals surface area contributed by atoms with Crippen LogP contribution >= 0.6 is 0 Å². The molecular formula is C13H17N5O4.